The molecule has 0 spiro atoms. The molecule has 88 valence electrons. The molecule has 0 aromatic heterocycles. The molecule has 0 aromatic rings. The third-order valence-electron chi connectivity index (χ3n) is 2.65. The monoisotopic (exact) mass is 222 g/mol. The lowest BCUT2D eigenvalue weighted by Crippen LogP contribution is -2.29. The van der Waals surface area contributed by atoms with Gasteiger partial charge in [-0.2, -0.15) is 0 Å². The molecular formula is C13H18O3. The van der Waals surface area contributed by atoms with Gasteiger partial charge >= 0.3 is 5.97 Å². The maximum Gasteiger partial charge on any atom is 0.373 e. The molecular weight excluding hydrogens is 204 g/mol. The van der Waals surface area contributed by atoms with Crippen molar-refractivity contribution >= 4 is 5.97 Å². The molecule has 0 bridgehead atoms. The number of rotatable bonds is 4. The van der Waals surface area contributed by atoms with Gasteiger partial charge in [-0.3, -0.25) is 0 Å². The number of hydrogen-bond acceptors (Lipinski definition) is 3. The van der Waals surface area contributed by atoms with E-state index in [1.807, 2.05) is 13.8 Å². The summed E-state index contributed by atoms with van der Waals surface area (Å²) >= 11 is 0. The minimum atomic E-state index is -0.379. The zero-order valence-electron chi connectivity index (χ0n) is 10.0. The fraction of sp³-hybridized carbons (Fsp3) is 0.462. The van der Waals surface area contributed by atoms with Crippen LogP contribution in [0, 0.1) is 5.92 Å². The predicted molar refractivity (Wildman–Crippen MR) is 62.7 cm³/mol. The van der Waals surface area contributed by atoms with Crippen LogP contribution in [-0.4, -0.2) is 19.2 Å². The second-order valence-electron chi connectivity index (χ2n) is 3.93. The second-order valence-corrected chi connectivity index (χ2v) is 3.93. The molecule has 0 aromatic carbocycles. The second kappa shape index (κ2) is 5.54. The molecule has 3 nitrogen and oxygen atoms in total. The van der Waals surface area contributed by atoms with Crippen molar-refractivity contribution in [3.63, 3.8) is 0 Å². The maximum absolute atomic E-state index is 11.4. The van der Waals surface area contributed by atoms with Crippen LogP contribution in [0.2, 0.25) is 0 Å². The third kappa shape index (κ3) is 2.99. The summed E-state index contributed by atoms with van der Waals surface area (Å²) in [6.07, 6.45) is 6.20. The number of hydrogen-bond donors (Lipinski definition) is 0. The first kappa shape index (κ1) is 12.6. The molecule has 16 heavy (non-hydrogen) atoms. The number of ether oxygens (including phenoxy) is 2. The Morgan fingerprint density at radius 1 is 1.75 bits per heavy atom. The summed E-state index contributed by atoms with van der Waals surface area (Å²) in [7, 11) is 1.47. The first-order valence-electron chi connectivity index (χ1n) is 5.34. The lowest BCUT2D eigenvalue weighted by molar-refractivity contribution is -0.151. The van der Waals surface area contributed by atoms with Gasteiger partial charge in [0.15, 0.2) is 5.76 Å². The number of methoxy groups -OCH3 is 1. The van der Waals surface area contributed by atoms with Crippen LogP contribution in [0.25, 0.3) is 0 Å². The van der Waals surface area contributed by atoms with Crippen LogP contribution < -0.4 is 0 Å². The molecule has 0 unspecified atom stereocenters. The number of esters is 1. The minimum absolute atomic E-state index is 0.110. The van der Waals surface area contributed by atoms with Crippen LogP contribution in [0.5, 0.6) is 0 Å². The van der Waals surface area contributed by atoms with Crippen molar-refractivity contribution in [3.05, 3.63) is 36.1 Å². The summed E-state index contributed by atoms with van der Waals surface area (Å²) in [5.74, 6) is 0.0970. The Labute approximate surface area is 96.4 Å². The quantitative estimate of drug-likeness (QED) is 0.542. The fourth-order valence-corrected chi connectivity index (χ4v) is 1.63. The molecule has 0 radical (unpaired) electrons. The summed E-state index contributed by atoms with van der Waals surface area (Å²) in [5, 5.41) is 0. The van der Waals surface area contributed by atoms with Crippen LogP contribution in [-0.2, 0) is 14.3 Å². The lowest BCUT2D eigenvalue weighted by Gasteiger charge is -2.25. The highest BCUT2D eigenvalue weighted by atomic mass is 16.6. The molecule has 1 aliphatic heterocycles. The highest BCUT2D eigenvalue weighted by Crippen LogP contribution is 2.22. The smallest absolute Gasteiger partial charge is 0.373 e. The highest BCUT2D eigenvalue weighted by molar-refractivity contribution is 5.87. The third-order valence-corrected chi connectivity index (χ3v) is 2.65. The number of carbonyl (C=O) groups is 1. The van der Waals surface area contributed by atoms with Gasteiger partial charge in [0.25, 0.3) is 0 Å². The summed E-state index contributed by atoms with van der Waals surface area (Å²) in [5.41, 5.74) is 1.09. The van der Waals surface area contributed by atoms with Gasteiger partial charge in [-0.15, -0.1) is 0 Å². The van der Waals surface area contributed by atoms with E-state index in [0.717, 1.165) is 5.57 Å². The molecule has 0 saturated heterocycles. The van der Waals surface area contributed by atoms with E-state index in [-0.39, 0.29) is 18.0 Å². The van der Waals surface area contributed by atoms with Gasteiger partial charge in [-0.25, -0.2) is 4.79 Å². The average molecular weight is 222 g/mol. The molecule has 0 saturated carbocycles. The van der Waals surface area contributed by atoms with Crippen LogP contribution in [0.1, 0.15) is 20.3 Å². The van der Waals surface area contributed by atoms with Crippen LogP contribution in [0.15, 0.2) is 36.1 Å². The van der Waals surface area contributed by atoms with Gasteiger partial charge in [-0.1, -0.05) is 31.2 Å². The Balaban J connectivity index is 2.68. The summed E-state index contributed by atoms with van der Waals surface area (Å²) in [6, 6.07) is 0. The van der Waals surface area contributed by atoms with Gasteiger partial charge in [0.2, 0.25) is 0 Å². The number of allylic oxidation sites excluding steroid dienone is 2. The van der Waals surface area contributed by atoms with E-state index in [9.17, 15) is 4.79 Å². The Morgan fingerprint density at radius 2 is 2.44 bits per heavy atom. The van der Waals surface area contributed by atoms with Crippen molar-refractivity contribution in [1.82, 2.24) is 0 Å². The van der Waals surface area contributed by atoms with Crippen molar-refractivity contribution < 1.29 is 14.3 Å². The first-order valence-corrected chi connectivity index (χ1v) is 5.34. The summed E-state index contributed by atoms with van der Waals surface area (Å²) < 4.78 is 10.2. The van der Waals surface area contributed by atoms with Crippen molar-refractivity contribution in [2.24, 2.45) is 5.92 Å². The molecule has 1 heterocycles. The van der Waals surface area contributed by atoms with Crippen molar-refractivity contribution in [2.75, 3.05) is 7.11 Å². The lowest BCUT2D eigenvalue weighted by atomic mass is 9.97. The summed E-state index contributed by atoms with van der Waals surface area (Å²) in [6.45, 7) is 7.69. The van der Waals surface area contributed by atoms with Crippen LogP contribution in [0.3, 0.4) is 0 Å². The zero-order chi connectivity index (χ0) is 12.1. The molecule has 3 heteroatoms. The van der Waals surface area contributed by atoms with Crippen LogP contribution in [0.4, 0.5) is 0 Å². The molecule has 0 N–H and O–H groups in total. The Hall–Kier alpha value is -1.51. The number of cyclic esters (lactones) is 1. The molecule has 0 amide bonds. The van der Waals surface area contributed by atoms with Crippen molar-refractivity contribution in [1.29, 1.82) is 0 Å². The normalized spacial score (nSPS) is 23.2. The van der Waals surface area contributed by atoms with E-state index in [4.69, 9.17) is 9.47 Å². The van der Waals surface area contributed by atoms with Crippen molar-refractivity contribution in [2.45, 2.75) is 26.4 Å². The molecule has 2 atom stereocenters. The van der Waals surface area contributed by atoms with Gasteiger partial charge in [-0.05, 0) is 13.0 Å². The Bertz CT molecular complexity index is 339. The van der Waals surface area contributed by atoms with Crippen molar-refractivity contribution in [3.8, 4) is 0 Å². The van der Waals surface area contributed by atoms with E-state index in [2.05, 4.69) is 12.7 Å². The SMILES string of the molecule is C=C/C(C)=C/[C@H](C)[C@@H]1CC=C(OC)C(=O)O1. The largest absolute Gasteiger partial charge is 0.490 e. The van der Waals surface area contributed by atoms with Gasteiger partial charge in [0.05, 0.1) is 7.11 Å². The fourth-order valence-electron chi connectivity index (χ4n) is 1.63. The van der Waals surface area contributed by atoms with E-state index < -0.39 is 0 Å². The van der Waals surface area contributed by atoms with E-state index in [1.165, 1.54) is 7.11 Å². The highest BCUT2D eigenvalue weighted by Gasteiger charge is 2.26. The Kier molecular flexibility index (Phi) is 4.35. The Morgan fingerprint density at radius 3 is 2.94 bits per heavy atom. The van der Waals surface area contributed by atoms with E-state index in [0.29, 0.717) is 12.2 Å². The molecule has 0 fully saturated rings. The maximum atomic E-state index is 11.4. The van der Waals surface area contributed by atoms with Gasteiger partial charge < -0.3 is 9.47 Å². The zero-order valence-corrected chi connectivity index (χ0v) is 10.0. The van der Waals surface area contributed by atoms with E-state index >= 15 is 0 Å². The topological polar surface area (TPSA) is 35.5 Å². The van der Waals surface area contributed by atoms with E-state index in [1.54, 1.807) is 12.2 Å². The summed E-state index contributed by atoms with van der Waals surface area (Å²) in [4.78, 5) is 11.4. The molecule has 0 aliphatic carbocycles. The standard InChI is InChI=1S/C13H18O3/c1-5-9(2)8-10(3)11-6-7-12(15-4)13(14)16-11/h5,7-8,10-11H,1,6H2,2-4H3/b9-8+/t10-,11-/m0/s1. The molecule has 1 rings (SSSR count). The van der Waals surface area contributed by atoms with Gasteiger partial charge in [0, 0.05) is 12.3 Å². The number of carbonyl (C=O) groups excluding carboxylic acids is 1. The minimum Gasteiger partial charge on any atom is -0.490 e. The predicted octanol–water partition coefficient (Wildman–Crippen LogP) is 2.60. The van der Waals surface area contributed by atoms with Crippen LogP contribution >= 0.6 is 0 Å². The molecule has 1 aliphatic rings. The van der Waals surface area contributed by atoms with Gasteiger partial charge in [0.1, 0.15) is 6.10 Å². The average Bonchev–Trinajstić information content (AvgIpc) is 2.28. The first-order chi connectivity index (χ1) is 7.58.